The summed E-state index contributed by atoms with van der Waals surface area (Å²) in [6, 6.07) is 14.1. The van der Waals surface area contributed by atoms with Crippen LogP contribution in [0.3, 0.4) is 0 Å². The number of aliphatic hydroxyl groups is 1. The van der Waals surface area contributed by atoms with Gasteiger partial charge in [0, 0.05) is 12.1 Å². The minimum Gasteiger partial charge on any atom is -0.388 e. The molecule has 5 nitrogen and oxygen atoms in total. The second-order valence-corrected chi connectivity index (χ2v) is 8.40. The van der Waals surface area contributed by atoms with Crippen LogP contribution in [0.15, 0.2) is 42.5 Å². The number of carbonyl (C=O) groups excluding carboxylic acids is 1. The minimum atomic E-state index is -0.417. The van der Waals surface area contributed by atoms with Crippen molar-refractivity contribution in [3.05, 3.63) is 65.0 Å². The van der Waals surface area contributed by atoms with Crippen molar-refractivity contribution in [3.63, 3.8) is 0 Å². The third-order valence-electron chi connectivity index (χ3n) is 6.49. The Bertz CT molecular complexity index is 1010. The molecule has 1 saturated heterocycles. The Balaban J connectivity index is 1.29. The molecular weight excluding hydrogens is 350 g/mol. The van der Waals surface area contributed by atoms with Gasteiger partial charge in [-0.2, -0.15) is 0 Å². The zero-order valence-corrected chi connectivity index (χ0v) is 15.9. The molecule has 5 heteroatoms. The van der Waals surface area contributed by atoms with Crippen molar-refractivity contribution in [1.82, 2.24) is 14.9 Å². The monoisotopic (exact) mass is 375 g/mol. The molecule has 1 spiro atoms. The quantitative estimate of drug-likeness (QED) is 0.688. The van der Waals surface area contributed by atoms with Crippen LogP contribution in [0.2, 0.25) is 0 Å². The van der Waals surface area contributed by atoms with Gasteiger partial charge in [-0.05, 0) is 67.0 Å². The number of benzene rings is 2. The second kappa shape index (κ2) is 6.83. The molecule has 0 amide bonds. The van der Waals surface area contributed by atoms with E-state index < -0.39 is 6.61 Å². The first kappa shape index (κ1) is 17.6. The summed E-state index contributed by atoms with van der Waals surface area (Å²) in [5.74, 6) is 0.850. The molecule has 3 aromatic rings. The lowest BCUT2D eigenvalue weighted by atomic mass is 9.71. The molecule has 0 radical (unpaired) electrons. The highest BCUT2D eigenvalue weighted by atomic mass is 16.3. The molecular formula is C23H25N3O2. The maximum atomic E-state index is 11.8. The number of aliphatic hydroxyl groups excluding tert-OH is 1. The van der Waals surface area contributed by atoms with Crippen LogP contribution in [0.4, 0.5) is 0 Å². The molecule has 1 atom stereocenters. The second-order valence-electron chi connectivity index (χ2n) is 8.40. The van der Waals surface area contributed by atoms with E-state index in [0.29, 0.717) is 11.0 Å². The van der Waals surface area contributed by atoms with E-state index in [1.807, 2.05) is 24.3 Å². The number of hydrogen-bond acceptors (Lipinski definition) is 4. The van der Waals surface area contributed by atoms with Crippen molar-refractivity contribution in [2.24, 2.45) is 5.41 Å². The highest BCUT2D eigenvalue weighted by molar-refractivity contribution is 5.97. The smallest absolute Gasteiger partial charge is 0.188 e. The Morgan fingerprint density at radius 1 is 1.18 bits per heavy atom. The highest BCUT2D eigenvalue weighted by Crippen LogP contribution is 2.43. The Morgan fingerprint density at radius 2 is 2.07 bits per heavy atom. The van der Waals surface area contributed by atoms with Crippen LogP contribution >= 0.6 is 0 Å². The Labute approximate surface area is 164 Å². The zero-order chi connectivity index (χ0) is 19.1. The van der Waals surface area contributed by atoms with E-state index in [0.717, 1.165) is 55.8 Å². The van der Waals surface area contributed by atoms with Gasteiger partial charge in [0.2, 0.25) is 0 Å². The summed E-state index contributed by atoms with van der Waals surface area (Å²) in [7, 11) is 0. The number of ketones is 1. The average molecular weight is 375 g/mol. The SMILES string of the molecule is O=C(CO)c1ccc2c(c1)CCC1(CCN(Cc3nc4ccccc4[nH]3)C1)C2. The molecule has 144 valence electrons. The number of H-pyrrole nitrogens is 1. The van der Waals surface area contributed by atoms with Gasteiger partial charge in [0.1, 0.15) is 12.4 Å². The lowest BCUT2D eigenvalue weighted by Crippen LogP contribution is -2.33. The number of aryl methyl sites for hydroxylation is 1. The minimum absolute atomic E-state index is 0.194. The molecule has 1 aliphatic carbocycles. The highest BCUT2D eigenvalue weighted by Gasteiger charge is 2.40. The van der Waals surface area contributed by atoms with Crippen molar-refractivity contribution >= 4 is 16.8 Å². The molecule has 2 aliphatic rings. The van der Waals surface area contributed by atoms with E-state index in [-0.39, 0.29) is 5.78 Å². The number of nitrogens with zero attached hydrogens (tertiary/aromatic N) is 2. The Hall–Kier alpha value is -2.50. The molecule has 1 fully saturated rings. The van der Waals surface area contributed by atoms with E-state index in [4.69, 9.17) is 10.1 Å². The van der Waals surface area contributed by atoms with Gasteiger partial charge in [-0.1, -0.05) is 24.3 Å². The number of Topliss-reactive ketones (excluding diaryl/α,β-unsaturated/α-hetero) is 1. The molecule has 28 heavy (non-hydrogen) atoms. The first-order chi connectivity index (χ1) is 13.6. The number of imidazole rings is 1. The van der Waals surface area contributed by atoms with Gasteiger partial charge in [-0.3, -0.25) is 9.69 Å². The lowest BCUT2D eigenvalue weighted by molar-refractivity contribution is 0.0903. The van der Waals surface area contributed by atoms with Gasteiger partial charge in [0.05, 0.1) is 17.6 Å². The third-order valence-corrected chi connectivity index (χ3v) is 6.49. The number of hydrogen-bond donors (Lipinski definition) is 2. The van der Waals surface area contributed by atoms with Crippen molar-refractivity contribution in [3.8, 4) is 0 Å². The zero-order valence-electron chi connectivity index (χ0n) is 15.9. The molecule has 0 saturated carbocycles. The van der Waals surface area contributed by atoms with Crippen molar-refractivity contribution in [1.29, 1.82) is 0 Å². The number of nitrogens with one attached hydrogen (secondary N) is 1. The van der Waals surface area contributed by atoms with E-state index in [1.165, 1.54) is 17.5 Å². The summed E-state index contributed by atoms with van der Waals surface area (Å²) in [6.45, 7) is 2.65. The van der Waals surface area contributed by atoms with Gasteiger partial charge in [0.15, 0.2) is 5.78 Å². The first-order valence-electron chi connectivity index (χ1n) is 10.1. The number of aromatic amines is 1. The summed E-state index contributed by atoms with van der Waals surface area (Å²) in [4.78, 5) is 22.5. The van der Waals surface area contributed by atoms with Crippen molar-refractivity contribution in [2.45, 2.75) is 32.2 Å². The molecule has 2 aromatic carbocycles. The number of rotatable bonds is 4. The lowest BCUT2D eigenvalue weighted by Gasteiger charge is -2.35. The molecule has 2 heterocycles. The van der Waals surface area contributed by atoms with E-state index in [9.17, 15) is 4.79 Å². The third kappa shape index (κ3) is 3.15. The molecule has 0 bridgehead atoms. The normalized spacial score (nSPS) is 22.0. The summed E-state index contributed by atoms with van der Waals surface area (Å²) < 4.78 is 0. The number of aromatic nitrogens is 2. The Morgan fingerprint density at radius 3 is 2.93 bits per heavy atom. The largest absolute Gasteiger partial charge is 0.388 e. The Kier molecular flexibility index (Phi) is 4.29. The van der Waals surface area contributed by atoms with E-state index in [2.05, 4.69) is 28.1 Å². The number of likely N-dealkylation sites (tertiary alicyclic amines) is 1. The van der Waals surface area contributed by atoms with Gasteiger partial charge < -0.3 is 10.1 Å². The number of fused-ring (bicyclic) bond motifs is 2. The van der Waals surface area contributed by atoms with Crippen LogP contribution in [0.5, 0.6) is 0 Å². The van der Waals surface area contributed by atoms with Crippen LogP contribution in [0.1, 0.15) is 40.2 Å². The summed E-state index contributed by atoms with van der Waals surface area (Å²) in [6.07, 6.45) is 4.46. The molecule has 2 N–H and O–H groups in total. The summed E-state index contributed by atoms with van der Waals surface area (Å²) in [5.41, 5.74) is 5.75. The van der Waals surface area contributed by atoms with Crippen LogP contribution in [-0.2, 0) is 19.4 Å². The van der Waals surface area contributed by atoms with Crippen LogP contribution in [0.25, 0.3) is 11.0 Å². The van der Waals surface area contributed by atoms with Crippen LogP contribution in [0, 0.1) is 5.41 Å². The topological polar surface area (TPSA) is 69.2 Å². The predicted octanol–water partition coefficient (Wildman–Crippen LogP) is 3.12. The molecule has 1 aromatic heterocycles. The first-order valence-corrected chi connectivity index (χ1v) is 10.1. The van der Waals surface area contributed by atoms with Gasteiger partial charge in [0.25, 0.3) is 0 Å². The van der Waals surface area contributed by atoms with E-state index >= 15 is 0 Å². The molecule has 5 rings (SSSR count). The number of carbonyl (C=O) groups is 1. The predicted molar refractivity (Wildman–Crippen MR) is 108 cm³/mol. The van der Waals surface area contributed by atoms with Gasteiger partial charge in [-0.15, -0.1) is 0 Å². The summed E-state index contributed by atoms with van der Waals surface area (Å²) >= 11 is 0. The maximum absolute atomic E-state index is 11.8. The fourth-order valence-corrected chi connectivity index (χ4v) is 4.99. The van der Waals surface area contributed by atoms with Crippen LogP contribution in [-0.4, -0.2) is 45.5 Å². The maximum Gasteiger partial charge on any atom is 0.188 e. The summed E-state index contributed by atoms with van der Waals surface area (Å²) in [5, 5.41) is 9.09. The molecule has 1 unspecified atom stereocenters. The van der Waals surface area contributed by atoms with E-state index in [1.54, 1.807) is 0 Å². The standard InChI is InChI=1S/C23H25N3O2/c27-14-21(28)17-5-6-18-12-23(8-7-16(18)11-17)9-10-26(15-23)13-22-24-19-3-1-2-4-20(19)25-22/h1-6,11,27H,7-10,12-15H2,(H,24,25). The van der Waals surface area contributed by atoms with Gasteiger partial charge in [-0.25, -0.2) is 4.98 Å². The average Bonchev–Trinajstić information content (AvgIpc) is 3.30. The van der Waals surface area contributed by atoms with Crippen molar-refractivity contribution < 1.29 is 9.90 Å². The fourth-order valence-electron chi connectivity index (χ4n) is 4.99. The van der Waals surface area contributed by atoms with Crippen LogP contribution < -0.4 is 0 Å². The number of para-hydroxylation sites is 2. The fraction of sp³-hybridized carbons (Fsp3) is 0.391. The van der Waals surface area contributed by atoms with Gasteiger partial charge >= 0.3 is 0 Å². The van der Waals surface area contributed by atoms with Crippen molar-refractivity contribution in [2.75, 3.05) is 19.7 Å². The molecule has 1 aliphatic heterocycles.